The van der Waals surface area contributed by atoms with E-state index >= 15 is 0 Å². The lowest BCUT2D eigenvalue weighted by Gasteiger charge is -2.17. The molecule has 0 spiro atoms. The number of ether oxygens (including phenoxy) is 2. The summed E-state index contributed by atoms with van der Waals surface area (Å²) in [6.07, 6.45) is -1.21. The van der Waals surface area contributed by atoms with Crippen LogP contribution in [0.15, 0.2) is 96.2 Å². The van der Waals surface area contributed by atoms with Crippen molar-refractivity contribution in [3.8, 4) is 0 Å². The first-order chi connectivity index (χ1) is 15.2. The lowest BCUT2D eigenvalue weighted by molar-refractivity contribution is -0.166. The number of carbonyl (C=O) groups excluding carboxylic acids is 2. The van der Waals surface area contributed by atoms with Gasteiger partial charge in [-0.1, -0.05) is 96.2 Å². The molecule has 3 aromatic carbocycles. The molecule has 0 aromatic heterocycles. The number of rotatable bonds is 7. The van der Waals surface area contributed by atoms with Crippen LogP contribution in [0.5, 0.6) is 0 Å². The zero-order valence-corrected chi connectivity index (χ0v) is 16.7. The highest BCUT2D eigenvalue weighted by molar-refractivity contribution is 6.15. The van der Waals surface area contributed by atoms with Gasteiger partial charge in [0.15, 0.2) is 5.92 Å². The molecule has 1 aliphatic rings. The number of esters is 2. The van der Waals surface area contributed by atoms with Gasteiger partial charge >= 0.3 is 11.9 Å². The molecular weight excluding hydrogens is 394 g/mol. The van der Waals surface area contributed by atoms with Gasteiger partial charge in [0.25, 0.3) is 0 Å². The SMILES string of the molecule is O=C(OCc1ccccc1)[C@@H]1C(c2ccccc2)=NO[C@@H]1C(=O)OCc1ccccc1. The van der Waals surface area contributed by atoms with Gasteiger partial charge in [0.05, 0.1) is 0 Å². The van der Waals surface area contributed by atoms with E-state index in [-0.39, 0.29) is 13.2 Å². The van der Waals surface area contributed by atoms with Gasteiger partial charge in [-0.3, -0.25) is 4.79 Å². The van der Waals surface area contributed by atoms with Gasteiger partial charge in [-0.25, -0.2) is 4.79 Å². The Bertz CT molecular complexity index is 1050. The number of hydrogen-bond acceptors (Lipinski definition) is 6. The van der Waals surface area contributed by atoms with E-state index in [0.717, 1.165) is 11.1 Å². The zero-order chi connectivity index (χ0) is 21.5. The van der Waals surface area contributed by atoms with Crippen LogP contribution in [0.1, 0.15) is 16.7 Å². The molecule has 0 radical (unpaired) electrons. The molecule has 0 saturated heterocycles. The average Bonchev–Trinajstić information content (AvgIpc) is 3.28. The standard InChI is InChI=1S/C25H21NO5/c27-24(29-16-18-10-4-1-5-11-18)21-22(20-14-8-3-9-15-20)26-31-23(21)25(28)30-17-19-12-6-2-7-13-19/h1-15,21,23H,16-17H2/t21-,23+/m1/s1. The Morgan fingerprint density at radius 2 is 1.19 bits per heavy atom. The van der Waals surface area contributed by atoms with E-state index in [4.69, 9.17) is 14.3 Å². The summed E-state index contributed by atoms with van der Waals surface area (Å²) in [5.74, 6) is -2.28. The van der Waals surface area contributed by atoms with Crippen molar-refractivity contribution in [2.45, 2.75) is 19.3 Å². The van der Waals surface area contributed by atoms with E-state index in [1.807, 2.05) is 78.9 Å². The molecule has 6 heteroatoms. The third kappa shape index (κ3) is 4.98. The summed E-state index contributed by atoms with van der Waals surface area (Å²) in [5, 5.41) is 4.04. The number of hydrogen-bond donors (Lipinski definition) is 0. The molecule has 4 rings (SSSR count). The van der Waals surface area contributed by atoms with Crippen molar-refractivity contribution in [1.29, 1.82) is 0 Å². The molecule has 2 atom stereocenters. The summed E-state index contributed by atoms with van der Waals surface area (Å²) in [5.41, 5.74) is 2.71. The summed E-state index contributed by atoms with van der Waals surface area (Å²) < 4.78 is 10.9. The minimum atomic E-state index is -1.21. The summed E-state index contributed by atoms with van der Waals surface area (Å²) in [4.78, 5) is 31.1. The smallest absolute Gasteiger partial charge is 0.351 e. The Morgan fingerprint density at radius 1 is 0.710 bits per heavy atom. The molecule has 0 N–H and O–H groups in total. The maximum atomic E-state index is 13.0. The predicted molar refractivity (Wildman–Crippen MR) is 114 cm³/mol. The first-order valence-corrected chi connectivity index (χ1v) is 9.92. The molecule has 0 bridgehead atoms. The Labute approximate surface area is 180 Å². The largest absolute Gasteiger partial charge is 0.460 e. The van der Waals surface area contributed by atoms with Crippen molar-refractivity contribution in [2.75, 3.05) is 0 Å². The Balaban J connectivity index is 1.50. The highest BCUT2D eigenvalue weighted by atomic mass is 16.7. The van der Waals surface area contributed by atoms with Crippen molar-refractivity contribution in [3.63, 3.8) is 0 Å². The van der Waals surface area contributed by atoms with E-state index in [1.54, 1.807) is 12.1 Å². The number of nitrogens with zero attached hydrogens (tertiary/aromatic N) is 1. The quantitative estimate of drug-likeness (QED) is 0.548. The van der Waals surface area contributed by atoms with Crippen LogP contribution >= 0.6 is 0 Å². The van der Waals surface area contributed by atoms with Gasteiger partial charge in [-0.05, 0) is 11.1 Å². The summed E-state index contributed by atoms with van der Waals surface area (Å²) in [6.45, 7) is 0.163. The lowest BCUT2D eigenvalue weighted by Crippen LogP contribution is -2.39. The van der Waals surface area contributed by atoms with Crippen LogP contribution in [-0.4, -0.2) is 23.8 Å². The van der Waals surface area contributed by atoms with Crippen molar-refractivity contribution >= 4 is 17.7 Å². The molecule has 0 amide bonds. The molecular formula is C25H21NO5. The maximum absolute atomic E-state index is 13.0. The Morgan fingerprint density at radius 3 is 1.74 bits per heavy atom. The van der Waals surface area contributed by atoms with E-state index in [2.05, 4.69) is 5.16 Å². The van der Waals surface area contributed by atoms with Crippen LogP contribution in [-0.2, 0) is 37.1 Å². The van der Waals surface area contributed by atoms with Crippen molar-refractivity contribution < 1.29 is 23.9 Å². The number of benzene rings is 3. The summed E-state index contributed by atoms with van der Waals surface area (Å²) >= 11 is 0. The van der Waals surface area contributed by atoms with Crippen molar-refractivity contribution in [1.82, 2.24) is 0 Å². The van der Waals surface area contributed by atoms with Crippen molar-refractivity contribution in [2.24, 2.45) is 11.1 Å². The molecule has 0 aliphatic carbocycles. The van der Waals surface area contributed by atoms with Crippen LogP contribution < -0.4 is 0 Å². The highest BCUT2D eigenvalue weighted by Gasteiger charge is 2.47. The molecule has 31 heavy (non-hydrogen) atoms. The van der Waals surface area contributed by atoms with E-state index in [0.29, 0.717) is 11.3 Å². The van der Waals surface area contributed by atoms with E-state index in [9.17, 15) is 9.59 Å². The molecule has 1 heterocycles. The normalized spacial score (nSPS) is 17.4. The third-order valence-electron chi connectivity index (χ3n) is 4.87. The second kappa shape index (κ2) is 9.71. The van der Waals surface area contributed by atoms with Gasteiger partial charge in [0.1, 0.15) is 18.9 Å². The second-order valence-electron chi connectivity index (χ2n) is 7.03. The minimum Gasteiger partial charge on any atom is -0.460 e. The fraction of sp³-hybridized carbons (Fsp3) is 0.160. The monoisotopic (exact) mass is 415 g/mol. The molecule has 156 valence electrons. The minimum absolute atomic E-state index is 0.0754. The molecule has 1 aliphatic heterocycles. The molecule has 0 fully saturated rings. The molecule has 0 unspecified atom stereocenters. The van der Waals surface area contributed by atoms with Gasteiger partial charge in [0, 0.05) is 5.56 Å². The van der Waals surface area contributed by atoms with Gasteiger partial charge < -0.3 is 14.3 Å². The van der Waals surface area contributed by atoms with Crippen LogP contribution in [0.3, 0.4) is 0 Å². The molecule has 3 aromatic rings. The number of oxime groups is 1. The predicted octanol–water partition coefficient (Wildman–Crippen LogP) is 3.89. The average molecular weight is 415 g/mol. The van der Waals surface area contributed by atoms with Crippen molar-refractivity contribution in [3.05, 3.63) is 108 Å². The Hall–Kier alpha value is -3.93. The second-order valence-corrected chi connectivity index (χ2v) is 7.03. The lowest BCUT2D eigenvalue weighted by atomic mass is 9.92. The summed E-state index contributed by atoms with van der Waals surface area (Å²) in [6, 6.07) is 27.7. The fourth-order valence-corrected chi connectivity index (χ4v) is 3.26. The molecule has 6 nitrogen and oxygen atoms in total. The Kier molecular flexibility index (Phi) is 6.38. The van der Waals surface area contributed by atoms with Gasteiger partial charge in [-0.2, -0.15) is 0 Å². The number of carbonyl (C=O) groups is 2. The van der Waals surface area contributed by atoms with Crippen LogP contribution in [0, 0.1) is 5.92 Å². The third-order valence-corrected chi connectivity index (χ3v) is 4.87. The van der Waals surface area contributed by atoms with Crippen LogP contribution in [0.25, 0.3) is 0 Å². The fourth-order valence-electron chi connectivity index (χ4n) is 3.26. The first-order valence-electron chi connectivity index (χ1n) is 9.92. The summed E-state index contributed by atoms with van der Waals surface area (Å²) in [7, 11) is 0. The zero-order valence-electron chi connectivity index (χ0n) is 16.7. The molecule has 0 saturated carbocycles. The maximum Gasteiger partial charge on any atom is 0.351 e. The highest BCUT2D eigenvalue weighted by Crippen LogP contribution is 2.26. The van der Waals surface area contributed by atoms with Gasteiger partial charge in [-0.15, -0.1) is 0 Å². The topological polar surface area (TPSA) is 74.2 Å². The van der Waals surface area contributed by atoms with Crippen LogP contribution in [0.2, 0.25) is 0 Å². The van der Waals surface area contributed by atoms with Gasteiger partial charge in [0.2, 0.25) is 6.10 Å². The van der Waals surface area contributed by atoms with E-state index in [1.165, 1.54) is 0 Å². The van der Waals surface area contributed by atoms with Crippen LogP contribution in [0.4, 0.5) is 0 Å². The first kappa shape index (κ1) is 20.3. The van der Waals surface area contributed by atoms with E-state index < -0.39 is 24.0 Å².